The van der Waals surface area contributed by atoms with Gasteiger partial charge >= 0.3 is 0 Å². The van der Waals surface area contributed by atoms with Crippen LogP contribution in [-0.2, 0) is 9.63 Å². The van der Waals surface area contributed by atoms with Crippen molar-refractivity contribution in [1.82, 2.24) is 10.2 Å². The molecule has 10 nitrogen and oxygen atoms in total. The molecule has 0 radical (unpaired) electrons. The van der Waals surface area contributed by atoms with E-state index < -0.39 is 17.1 Å². The number of nitrogens with one attached hydrogen (secondary N) is 1. The van der Waals surface area contributed by atoms with Crippen molar-refractivity contribution >= 4 is 23.2 Å². The molecule has 0 aromatic heterocycles. The number of oxime groups is 1. The molecule has 0 spiro atoms. The van der Waals surface area contributed by atoms with Crippen molar-refractivity contribution < 1.29 is 24.5 Å². The first-order valence-electron chi connectivity index (χ1n) is 12.1. The minimum absolute atomic E-state index is 0.0174. The fourth-order valence-corrected chi connectivity index (χ4v) is 4.42. The zero-order valence-corrected chi connectivity index (χ0v) is 20.8. The van der Waals surface area contributed by atoms with Gasteiger partial charge in [-0.25, -0.2) is 0 Å². The number of non-ortho nitro benzene ring substituents is 1. The van der Waals surface area contributed by atoms with E-state index in [4.69, 9.17) is 4.84 Å². The molecule has 0 saturated carbocycles. The molecule has 1 heterocycles. The van der Waals surface area contributed by atoms with E-state index >= 15 is 0 Å². The van der Waals surface area contributed by atoms with Gasteiger partial charge < -0.3 is 20.2 Å². The van der Waals surface area contributed by atoms with E-state index in [0.717, 1.165) is 11.1 Å². The molecule has 196 valence electrons. The lowest BCUT2D eigenvalue weighted by Crippen LogP contribution is -2.40. The lowest BCUT2D eigenvalue weighted by atomic mass is 10.0. The van der Waals surface area contributed by atoms with E-state index in [2.05, 4.69) is 10.5 Å². The van der Waals surface area contributed by atoms with Crippen molar-refractivity contribution in [2.24, 2.45) is 5.16 Å². The number of likely N-dealkylation sites (tertiary alicyclic amines) is 1. The summed E-state index contributed by atoms with van der Waals surface area (Å²) in [6, 6.07) is 22.2. The van der Waals surface area contributed by atoms with Crippen molar-refractivity contribution in [3.63, 3.8) is 0 Å². The first kappa shape index (κ1) is 26.5. The van der Waals surface area contributed by atoms with Gasteiger partial charge in [0.2, 0.25) is 5.91 Å². The lowest BCUT2D eigenvalue weighted by molar-refractivity contribution is -0.384. The third kappa shape index (κ3) is 6.40. The second-order valence-corrected chi connectivity index (χ2v) is 8.95. The first-order valence-corrected chi connectivity index (χ1v) is 12.1. The average molecular weight is 517 g/mol. The van der Waals surface area contributed by atoms with Crippen LogP contribution in [0.4, 0.5) is 5.69 Å². The molecule has 1 aliphatic heterocycles. The van der Waals surface area contributed by atoms with Crippen LogP contribution in [0.5, 0.6) is 0 Å². The van der Waals surface area contributed by atoms with E-state index in [9.17, 15) is 24.8 Å². The fraction of sp³-hybridized carbons (Fsp3) is 0.250. The van der Waals surface area contributed by atoms with Gasteiger partial charge in [0.25, 0.3) is 11.6 Å². The Morgan fingerprint density at radius 1 is 1.08 bits per heavy atom. The minimum Gasteiger partial charge on any atom is -0.399 e. The maximum absolute atomic E-state index is 13.4. The van der Waals surface area contributed by atoms with Gasteiger partial charge in [-0.15, -0.1) is 0 Å². The number of nitro benzene ring substituents is 1. The van der Waals surface area contributed by atoms with Gasteiger partial charge in [0.15, 0.2) is 0 Å². The molecular formula is C28H28N4O6. The second-order valence-electron chi connectivity index (χ2n) is 8.95. The summed E-state index contributed by atoms with van der Waals surface area (Å²) < 4.78 is 0. The molecule has 0 aliphatic carbocycles. The number of rotatable bonds is 9. The van der Waals surface area contributed by atoms with Crippen molar-refractivity contribution in [2.45, 2.75) is 25.0 Å². The number of amides is 2. The average Bonchev–Trinajstić information content (AvgIpc) is 3.34. The molecule has 38 heavy (non-hydrogen) atoms. The first-order chi connectivity index (χ1) is 18.4. The molecule has 3 aromatic carbocycles. The SMILES string of the molecule is CON=C1C[C@@H](CC(=O)NCC(O)c2ccc([N+](=O)[O-])cc2)N(C(=O)c2ccc(-c3ccccc3)cc2)C1. The van der Waals surface area contributed by atoms with Crippen LogP contribution in [0.25, 0.3) is 11.1 Å². The molecule has 10 heteroatoms. The quantitative estimate of drug-likeness (QED) is 0.329. The highest BCUT2D eigenvalue weighted by Gasteiger charge is 2.35. The molecule has 2 amide bonds. The van der Waals surface area contributed by atoms with Gasteiger partial charge in [-0.1, -0.05) is 47.6 Å². The Hall–Kier alpha value is -4.57. The maximum Gasteiger partial charge on any atom is 0.269 e. The van der Waals surface area contributed by atoms with Gasteiger partial charge in [-0.2, -0.15) is 0 Å². The van der Waals surface area contributed by atoms with Crippen LogP contribution in [0.2, 0.25) is 0 Å². The number of hydrogen-bond acceptors (Lipinski definition) is 7. The summed E-state index contributed by atoms with van der Waals surface area (Å²) >= 11 is 0. The summed E-state index contributed by atoms with van der Waals surface area (Å²) in [5, 5.41) is 27.9. The minimum atomic E-state index is -1.03. The highest BCUT2D eigenvalue weighted by molar-refractivity contribution is 6.01. The van der Waals surface area contributed by atoms with Crippen molar-refractivity contribution in [1.29, 1.82) is 0 Å². The summed E-state index contributed by atoms with van der Waals surface area (Å²) in [6.07, 6.45) is -0.626. The Balaban J connectivity index is 1.39. The Bertz CT molecular complexity index is 1310. The third-order valence-corrected chi connectivity index (χ3v) is 6.39. The number of carbonyl (C=O) groups excluding carboxylic acids is 2. The molecule has 0 bridgehead atoms. The molecule has 1 unspecified atom stereocenters. The van der Waals surface area contributed by atoms with Crippen molar-refractivity contribution in [3.05, 3.63) is 100 Å². The highest BCUT2D eigenvalue weighted by atomic mass is 16.6. The predicted octanol–water partition coefficient (Wildman–Crippen LogP) is 3.72. The number of aliphatic hydroxyl groups is 1. The Morgan fingerprint density at radius 3 is 2.37 bits per heavy atom. The number of carbonyl (C=O) groups is 2. The van der Waals surface area contributed by atoms with Crippen molar-refractivity contribution in [2.75, 3.05) is 20.2 Å². The summed E-state index contributed by atoms with van der Waals surface area (Å²) in [4.78, 5) is 42.9. The molecule has 2 N–H and O–H groups in total. The van der Waals surface area contributed by atoms with E-state index in [1.54, 1.807) is 17.0 Å². The van der Waals surface area contributed by atoms with Crippen LogP contribution >= 0.6 is 0 Å². The van der Waals surface area contributed by atoms with Gasteiger partial charge in [0.1, 0.15) is 7.11 Å². The summed E-state index contributed by atoms with van der Waals surface area (Å²) in [6.45, 7) is 0.174. The Labute approximate surface area is 219 Å². The standard InChI is InChI=1S/C28H28N4O6/c1-38-30-23-15-25(16-27(34)29-17-26(33)21-11-13-24(14-12-21)32(36)37)31(18-23)28(35)22-9-7-20(8-10-22)19-5-3-2-4-6-19/h2-14,25-26,33H,15-18H2,1H3,(H,29,34)/t25-,26?/m0/s1. The summed E-state index contributed by atoms with van der Waals surface area (Å²) in [5.74, 6) is -0.554. The Morgan fingerprint density at radius 2 is 1.74 bits per heavy atom. The van der Waals surface area contributed by atoms with Crippen LogP contribution in [0.3, 0.4) is 0 Å². The normalized spacial score (nSPS) is 16.7. The molecule has 4 rings (SSSR count). The second kappa shape index (κ2) is 12.1. The van der Waals surface area contributed by atoms with Gasteiger partial charge in [0, 0.05) is 43.1 Å². The number of benzene rings is 3. The predicted molar refractivity (Wildman–Crippen MR) is 141 cm³/mol. The third-order valence-electron chi connectivity index (χ3n) is 6.39. The van der Waals surface area contributed by atoms with E-state index in [1.807, 2.05) is 42.5 Å². The monoisotopic (exact) mass is 516 g/mol. The largest absolute Gasteiger partial charge is 0.399 e. The van der Waals surface area contributed by atoms with E-state index in [1.165, 1.54) is 31.4 Å². The molecular weight excluding hydrogens is 488 g/mol. The molecule has 1 fully saturated rings. The van der Waals surface area contributed by atoms with Crippen LogP contribution < -0.4 is 5.32 Å². The number of nitro groups is 1. The molecule has 3 aromatic rings. The van der Waals surface area contributed by atoms with Gasteiger partial charge in [-0.3, -0.25) is 19.7 Å². The van der Waals surface area contributed by atoms with Crippen LogP contribution in [0.1, 0.15) is 34.9 Å². The Kier molecular flexibility index (Phi) is 8.44. The smallest absolute Gasteiger partial charge is 0.269 e. The molecule has 2 atom stereocenters. The number of hydrogen-bond donors (Lipinski definition) is 2. The summed E-state index contributed by atoms with van der Waals surface area (Å²) in [7, 11) is 1.43. The van der Waals surface area contributed by atoms with Crippen LogP contribution in [-0.4, -0.2) is 58.7 Å². The fourth-order valence-electron chi connectivity index (χ4n) is 4.42. The molecule has 1 aliphatic rings. The molecule has 1 saturated heterocycles. The van der Waals surface area contributed by atoms with Crippen molar-refractivity contribution in [3.8, 4) is 11.1 Å². The van der Waals surface area contributed by atoms with E-state index in [0.29, 0.717) is 23.3 Å². The topological polar surface area (TPSA) is 134 Å². The number of aliphatic hydroxyl groups excluding tert-OH is 1. The van der Waals surface area contributed by atoms with Crippen LogP contribution in [0.15, 0.2) is 84.0 Å². The van der Waals surface area contributed by atoms with Gasteiger partial charge in [0.05, 0.1) is 23.3 Å². The number of nitrogens with zero attached hydrogens (tertiary/aromatic N) is 3. The highest BCUT2D eigenvalue weighted by Crippen LogP contribution is 2.24. The lowest BCUT2D eigenvalue weighted by Gasteiger charge is -2.24. The van der Waals surface area contributed by atoms with Crippen LogP contribution in [0, 0.1) is 10.1 Å². The van der Waals surface area contributed by atoms with E-state index in [-0.39, 0.29) is 37.0 Å². The zero-order chi connectivity index (χ0) is 27.1. The van der Waals surface area contributed by atoms with Gasteiger partial charge in [-0.05, 0) is 41.0 Å². The summed E-state index contributed by atoms with van der Waals surface area (Å²) in [5.41, 5.74) is 3.56. The zero-order valence-electron chi connectivity index (χ0n) is 20.8. The maximum atomic E-state index is 13.4.